The quantitative estimate of drug-likeness (QED) is 0.848. The number of nitrogens with zero attached hydrogens (tertiary/aromatic N) is 1. The Hall–Kier alpha value is -1.14. The standard InChI is InChI=1S/C13H18N2S/c1-10-5-4-6-12(9-14)13(10)15-8-7-11(2)16-3/h4-6,11,15H,7-8H2,1-3H3. The number of nitrogens with one attached hydrogen (secondary N) is 1. The van der Waals surface area contributed by atoms with E-state index in [1.165, 1.54) is 0 Å². The first-order chi connectivity index (χ1) is 7.69. The summed E-state index contributed by atoms with van der Waals surface area (Å²) in [7, 11) is 0. The predicted molar refractivity (Wildman–Crippen MR) is 72.0 cm³/mol. The monoisotopic (exact) mass is 234 g/mol. The molecule has 3 heteroatoms. The van der Waals surface area contributed by atoms with Gasteiger partial charge in [0, 0.05) is 11.8 Å². The summed E-state index contributed by atoms with van der Waals surface area (Å²) in [5.41, 5.74) is 2.85. The van der Waals surface area contributed by atoms with Gasteiger partial charge < -0.3 is 5.32 Å². The van der Waals surface area contributed by atoms with Gasteiger partial charge in [0.25, 0.3) is 0 Å². The van der Waals surface area contributed by atoms with E-state index in [9.17, 15) is 0 Å². The molecule has 2 nitrogen and oxygen atoms in total. The number of hydrogen-bond donors (Lipinski definition) is 1. The fourth-order valence-corrected chi connectivity index (χ4v) is 1.87. The molecule has 1 aromatic rings. The van der Waals surface area contributed by atoms with Gasteiger partial charge in [-0.1, -0.05) is 19.1 Å². The minimum absolute atomic E-state index is 0.655. The number of benzene rings is 1. The van der Waals surface area contributed by atoms with Crippen LogP contribution in [-0.2, 0) is 0 Å². The van der Waals surface area contributed by atoms with Crippen LogP contribution in [0, 0.1) is 18.3 Å². The molecule has 0 aliphatic rings. The van der Waals surface area contributed by atoms with Crippen molar-refractivity contribution in [1.29, 1.82) is 5.26 Å². The smallest absolute Gasteiger partial charge is 0.101 e. The summed E-state index contributed by atoms with van der Waals surface area (Å²) >= 11 is 1.87. The second-order valence-corrected chi connectivity index (χ2v) is 5.15. The van der Waals surface area contributed by atoms with Crippen molar-refractivity contribution in [2.75, 3.05) is 18.1 Å². The Labute approximate surface area is 102 Å². The van der Waals surface area contributed by atoms with Crippen LogP contribution in [0.5, 0.6) is 0 Å². The number of aryl methyl sites for hydroxylation is 1. The summed E-state index contributed by atoms with van der Waals surface area (Å²) in [6.45, 7) is 5.16. The number of thioether (sulfide) groups is 1. The molecular weight excluding hydrogens is 216 g/mol. The summed E-state index contributed by atoms with van der Waals surface area (Å²) in [5.74, 6) is 0. The lowest BCUT2D eigenvalue weighted by molar-refractivity contribution is 0.852. The van der Waals surface area contributed by atoms with E-state index in [1.807, 2.05) is 36.9 Å². The van der Waals surface area contributed by atoms with E-state index in [1.54, 1.807) is 0 Å². The highest BCUT2D eigenvalue weighted by atomic mass is 32.2. The summed E-state index contributed by atoms with van der Waals surface area (Å²) in [4.78, 5) is 0. The molecule has 1 aromatic carbocycles. The summed E-state index contributed by atoms with van der Waals surface area (Å²) in [6, 6.07) is 8.02. The Kier molecular flexibility index (Phi) is 5.21. The van der Waals surface area contributed by atoms with Crippen LogP contribution in [0.15, 0.2) is 18.2 Å². The van der Waals surface area contributed by atoms with E-state index in [2.05, 4.69) is 24.6 Å². The third-order valence-electron chi connectivity index (χ3n) is 2.65. The van der Waals surface area contributed by atoms with Crippen LogP contribution in [0.25, 0.3) is 0 Å². The van der Waals surface area contributed by atoms with Crippen molar-refractivity contribution in [3.05, 3.63) is 29.3 Å². The maximum absolute atomic E-state index is 9.00. The number of anilines is 1. The van der Waals surface area contributed by atoms with Crippen molar-refractivity contribution in [3.8, 4) is 6.07 Å². The minimum atomic E-state index is 0.655. The molecule has 0 aliphatic carbocycles. The van der Waals surface area contributed by atoms with E-state index in [0.29, 0.717) is 5.25 Å². The lowest BCUT2D eigenvalue weighted by Gasteiger charge is -2.13. The van der Waals surface area contributed by atoms with E-state index in [0.717, 1.165) is 29.8 Å². The molecule has 0 radical (unpaired) electrons. The van der Waals surface area contributed by atoms with Gasteiger partial charge in [0.2, 0.25) is 0 Å². The minimum Gasteiger partial charge on any atom is -0.384 e. The average Bonchev–Trinajstić information content (AvgIpc) is 2.30. The first kappa shape index (κ1) is 12.9. The van der Waals surface area contributed by atoms with Crippen LogP contribution >= 0.6 is 11.8 Å². The zero-order valence-electron chi connectivity index (χ0n) is 10.1. The van der Waals surface area contributed by atoms with Crippen LogP contribution in [0.2, 0.25) is 0 Å². The van der Waals surface area contributed by atoms with E-state index >= 15 is 0 Å². The van der Waals surface area contributed by atoms with Gasteiger partial charge in [-0.05, 0) is 31.2 Å². The molecule has 16 heavy (non-hydrogen) atoms. The highest BCUT2D eigenvalue weighted by Crippen LogP contribution is 2.20. The average molecular weight is 234 g/mol. The summed E-state index contributed by atoms with van der Waals surface area (Å²) in [5, 5.41) is 13.0. The van der Waals surface area contributed by atoms with Gasteiger partial charge >= 0.3 is 0 Å². The molecule has 1 N–H and O–H groups in total. The van der Waals surface area contributed by atoms with Gasteiger partial charge in [-0.25, -0.2) is 0 Å². The molecule has 1 atom stereocenters. The summed E-state index contributed by atoms with van der Waals surface area (Å²) < 4.78 is 0. The molecule has 0 fully saturated rings. The Morgan fingerprint density at radius 3 is 2.88 bits per heavy atom. The maximum atomic E-state index is 9.00. The third kappa shape index (κ3) is 3.46. The molecule has 0 aromatic heterocycles. The molecule has 86 valence electrons. The highest BCUT2D eigenvalue weighted by molar-refractivity contribution is 7.99. The van der Waals surface area contributed by atoms with Crippen molar-refractivity contribution in [2.24, 2.45) is 0 Å². The largest absolute Gasteiger partial charge is 0.384 e. The number of rotatable bonds is 5. The van der Waals surface area contributed by atoms with Gasteiger partial charge in [-0.2, -0.15) is 17.0 Å². The fourth-order valence-electron chi connectivity index (χ4n) is 1.51. The van der Waals surface area contributed by atoms with Crippen molar-refractivity contribution in [2.45, 2.75) is 25.5 Å². The van der Waals surface area contributed by atoms with Crippen molar-refractivity contribution < 1.29 is 0 Å². The van der Waals surface area contributed by atoms with Crippen LogP contribution in [-0.4, -0.2) is 18.1 Å². The molecule has 1 rings (SSSR count). The van der Waals surface area contributed by atoms with E-state index in [4.69, 9.17) is 5.26 Å². The Balaban J connectivity index is 2.63. The molecular formula is C13H18N2S. The first-order valence-electron chi connectivity index (χ1n) is 5.45. The molecule has 0 heterocycles. The lowest BCUT2D eigenvalue weighted by atomic mass is 10.1. The van der Waals surface area contributed by atoms with Gasteiger partial charge in [0.15, 0.2) is 0 Å². The van der Waals surface area contributed by atoms with E-state index in [-0.39, 0.29) is 0 Å². The molecule has 0 amide bonds. The van der Waals surface area contributed by atoms with Gasteiger partial charge in [0.05, 0.1) is 11.3 Å². The van der Waals surface area contributed by atoms with Crippen LogP contribution < -0.4 is 5.32 Å². The SMILES string of the molecule is CSC(C)CCNc1c(C)cccc1C#N. The molecule has 0 spiro atoms. The van der Waals surface area contributed by atoms with Crippen molar-refractivity contribution in [1.82, 2.24) is 0 Å². The second-order valence-electron chi connectivity index (χ2n) is 3.87. The third-order valence-corrected chi connectivity index (χ3v) is 3.69. The first-order valence-corrected chi connectivity index (χ1v) is 6.74. The maximum Gasteiger partial charge on any atom is 0.101 e. The Morgan fingerprint density at radius 1 is 1.50 bits per heavy atom. The molecule has 0 bridgehead atoms. The number of nitriles is 1. The molecule has 0 aliphatic heterocycles. The lowest BCUT2D eigenvalue weighted by Crippen LogP contribution is -2.09. The number of para-hydroxylation sites is 1. The van der Waals surface area contributed by atoms with E-state index < -0.39 is 0 Å². The topological polar surface area (TPSA) is 35.8 Å². The predicted octanol–water partition coefficient (Wildman–Crippen LogP) is 3.42. The van der Waals surface area contributed by atoms with Crippen LogP contribution in [0.3, 0.4) is 0 Å². The van der Waals surface area contributed by atoms with Crippen LogP contribution in [0.1, 0.15) is 24.5 Å². The fraction of sp³-hybridized carbons (Fsp3) is 0.462. The van der Waals surface area contributed by atoms with Crippen molar-refractivity contribution in [3.63, 3.8) is 0 Å². The normalized spacial score (nSPS) is 11.9. The molecule has 0 saturated heterocycles. The van der Waals surface area contributed by atoms with Gasteiger partial charge in [0.1, 0.15) is 6.07 Å². The Morgan fingerprint density at radius 2 is 2.25 bits per heavy atom. The number of hydrogen-bond acceptors (Lipinski definition) is 3. The summed E-state index contributed by atoms with van der Waals surface area (Å²) in [6.07, 6.45) is 3.24. The highest BCUT2D eigenvalue weighted by Gasteiger charge is 2.05. The Bertz CT molecular complexity index is 382. The second kappa shape index (κ2) is 6.44. The zero-order valence-corrected chi connectivity index (χ0v) is 10.9. The molecule has 1 unspecified atom stereocenters. The zero-order chi connectivity index (χ0) is 12.0. The molecule has 0 saturated carbocycles. The van der Waals surface area contributed by atoms with Gasteiger partial charge in [-0.3, -0.25) is 0 Å². The van der Waals surface area contributed by atoms with Crippen LogP contribution in [0.4, 0.5) is 5.69 Å². The van der Waals surface area contributed by atoms with Crippen molar-refractivity contribution >= 4 is 17.4 Å². The van der Waals surface area contributed by atoms with Gasteiger partial charge in [-0.15, -0.1) is 0 Å².